The Kier molecular flexibility index (Phi) is 4.95. The lowest BCUT2D eigenvalue weighted by atomic mass is 9.91. The van der Waals surface area contributed by atoms with Gasteiger partial charge in [0.25, 0.3) is 5.91 Å². The molecule has 0 unspecified atom stereocenters. The highest BCUT2D eigenvalue weighted by Gasteiger charge is 2.47. The number of hydrogen-bond acceptors (Lipinski definition) is 5. The van der Waals surface area contributed by atoms with Crippen molar-refractivity contribution in [3.63, 3.8) is 0 Å². The molecule has 4 rings (SSSR count). The fourth-order valence-electron chi connectivity index (χ4n) is 4.15. The summed E-state index contributed by atoms with van der Waals surface area (Å²) in [6.07, 6.45) is 1.17. The molecule has 3 aliphatic heterocycles. The van der Waals surface area contributed by atoms with Crippen molar-refractivity contribution >= 4 is 17.7 Å². The summed E-state index contributed by atoms with van der Waals surface area (Å²) in [7, 11) is 0. The average molecular weight is 373 g/mol. The van der Waals surface area contributed by atoms with Crippen LogP contribution in [0.1, 0.15) is 30.1 Å². The normalized spacial score (nSPS) is 22.3. The third-order valence-corrected chi connectivity index (χ3v) is 5.85. The molecule has 0 aliphatic carbocycles. The molecule has 7 nitrogen and oxygen atoms in total. The Bertz CT molecular complexity index is 709. The van der Waals surface area contributed by atoms with Crippen LogP contribution in [0.15, 0.2) is 24.3 Å². The Morgan fingerprint density at radius 2 is 1.89 bits per heavy atom. The standard InChI is InChI=1S/C20H27N3O4/c1-2-21-15-20(27-19(21)25)6-8-23(9-7-20)18(24)16-4-3-5-17(14-16)22-10-12-26-13-11-22/h3-5,14H,2,6-13,15H2,1H3. The molecule has 0 N–H and O–H groups in total. The van der Waals surface area contributed by atoms with Crippen LogP contribution in [0, 0.1) is 0 Å². The van der Waals surface area contributed by atoms with Crippen LogP contribution < -0.4 is 4.90 Å². The maximum atomic E-state index is 13.0. The molecular formula is C20H27N3O4. The first-order valence-corrected chi connectivity index (χ1v) is 9.80. The van der Waals surface area contributed by atoms with E-state index in [-0.39, 0.29) is 12.0 Å². The van der Waals surface area contributed by atoms with E-state index >= 15 is 0 Å². The lowest BCUT2D eigenvalue weighted by Gasteiger charge is -2.37. The van der Waals surface area contributed by atoms with E-state index in [4.69, 9.17) is 9.47 Å². The van der Waals surface area contributed by atoms with E-state index in [9.17, 15) is 9.59 Å². The highest BCUT2D eigenvalue weighted by atomic mass is 16.6. The molecule has 0 aromatic heterocycles. The highest BCUT2D eigenvalue weighted by molar-refractivity contribution is 5.95. The maximum Gasteiger partial charge on any atom is 0.410 e. The summed E-state index contributed by atoms with van der Waals surface area (Å²) in [4.78, 5) is 30.8. The first-order valence-electron chi connectivity index (χ1n) is 9.80. The zero-order valence-electron chi connectivity index (χ0n) is 15.9. The Morgan fingerprint density at radius 1 is 1.15 bits per heavy atom. The summed E-state index contributed by atoms with van der Waals surface area (Å²) < 4.78 is 11.1. The summed E-state index contributed by atoms with van der Waals surface area (Å²) in [6.45, 7) is 7.64. The minimum Gasteiger partial charge on any atom is -0.441 e. The Morgan fingerprint density at radius 3 is 2.56 bits per heavy atom. The second-order valence-electron chi connectivity index (χ2n) is 7.51. The summed E-state index contributed by atoms with van der Waals surface area (Å²) in [5, 5.41) is 0. The number of benzene rings is 1. The lowest BCUT2D eigenvalue weighted by Crippen LogP contribution is -2.48. The van der Waals surface area contributed by atoms with Gasteiger partial charge in [0.1, 0.15) is 5.60 Å². The second-order valence-corrected chi connectivity index (χ2v) is 7.51. The minimum absolute atomic E-state index is 0.0524. The average Bonchev–Trinajstić information content (AvgIpc) is 3.03. The van der Waals surface area contributed by atoms with Crippen LogP contribution >= 0.6 is 0 Å². The molecule has 1 spiro atoms. The number of morpholine rings is 1. The first kappa shape index (κ1) is 18.1. The van der Waals surface area contributed by atoms with Crippen molar-refractivity contribution in [3.8, 4) is 0 Å². The Hall–Kier alpha value is -2.28. The minimum atomic E-state index is -0.417. The van der Waals surface area contributed by atoms with Gasteiger partial charge in [0.05, 0.1) is 19.8 Å². The lowest BCUT2D eigenvalue weighted by molar-refractivity contribution is 0.00314. The van der Waals surface area contributed by atoms with Gasteiger partial charge in [-0.1, -0.05) is 6.07 Å². The SMILES string of the molecule is CCN1CC2(CCN(C(=O)c3cccc(N4CCOCC4)c3)CC2)OC1=O. The number of nitrogens with zero attached hydrogens (tertiary/aromatic N) is 3. The zero-order chi connectivity index (χ0) is 18.9. The van der Waals surface area contributed by atoms with Gasteiger partial charge in [-0.2, -0.15) is 0 Å². The molecular weight excluding hydrogens is 346 g/mol. The van der Waals surface area contributed by atoms with Gasteiger partial charge in [-0.25, -0.2) is 4.79 Å². The van der Waals surface area contributed by atoms with Gasteiger partial charge >= 0.3 is 6.09 Å². The number of likely N-dealkylation sites (N-methyl/N-ethyl adjacent to an activating group) is 1. The van der Waals surface area contributed by atoms with Gasteiger partial charge in [0, 0.05) is 56.8 Å². The number of amides is 2. The number of rotatable bonds is 3. The predicted molar refractivity (Wildman–Crippen MR) is 101 cm³/mol. The molecule has 0 bridgehead atoms. The van der Waals surface area contributed by atoms with Crippen molar-refractivity contribution in [2.75, 3.05) is 57.4 Å². The van der Waals surface area contributed by atoms with Gasteiger partial charge in [0.2, 0.25) is 0 Å². The van der Waals surface area contributed by atoms with Crippen LogP contribution in [-0.2, 0) is 9.47 Å². The number of carbonyl (C=O) groups is 2. The molecule has 3 fully saturated rings. The summed E-state index contributed by atoms with van der Waals surface area (Å²) in [6, 6.07) is 7.85. The van der Waals surface area contributed by atoms with E-state index in [2.05, 4.69) is 4.90 Å². The summed E-state index contributed by atoms with van der Waals surface area (Å²) in [5.74, 6) is 0.0524. The number of piperidine rings is 1. The third kappa shape index (κ3) is 3.60. The molecule has 3 saturated heterocycles. The number of anilines is 1. The van der Waals surface area contributed by atoms with Crippen molar-refractivity contribution in [2.24, 2.45) is 0 Å². The van der Waals surface area contributed by atoms with E-state index in [1.165, 1.54) is 0 Å². The van der Waals surface area contributed by atoms with E-state index in [1.807, 2.05) is 36.1 Å². The van der Waals surface area contributed by atoms with E-state index < -0.39 is 5.60 Å². The molecule has 1 aromatic carbocycles. The topological polar surface area (TPSA) is 62.3 Å². The van der Waals surface area contributed by atoms with Gasteiger partial charge in [-0.05, 0) is 25.1 Å². The first-order chi connectivity index (χ1) is 13.1. The molecule has 7 heteroatoms. The van der Waals surface area contributed by atoms with Crippen molar-refractivity contribution in [3.05, 3.63) is 29.8 Å². The summed E-state index contributed by atoms with van der Waals surface area (Å²) >= 11 is 0. The smallest absolute Gasteiger partial charge is 0.410 e. The van der Waals surface area contributed by atoms with Crippen molar-refractivity contribution in [2.45, 2.75) is 25.4 Å². The molecule has 1 aromatic rings. The Balaban J connectivity index is 1.40. The molecule has 146 valence electrons. The van der Waals surface area contributed by atoms with E-state index in [0.29, 0.717) is 44.6 Å². The van der Waals surface area contributed by atoms with Gasteiger partial charge in [-0.3, -0.25) is 4.79 Å². The van der Waals surface area contributed by atoms with Crippen LogP contribution in [0.4, 0.5) is 10.5 Å². The number of hydrogen-bond donors (Lipinski definition) is 0. The molecule has 0 atom stereocenters. The molecule has 2 amide bonds. The van der Waals surface area contributed by atoms with E-state index in [0.717, 1.165) is 32.0 Å². The van der Waals surface area contributed by atoms with E-state index in [1.54, 1.807) is 4.90 Å². The van der Waals surface area contributed by atoms with Crippen molar-refractivity contribution in [1.29, 1.82) is 0 Å². The van der Waals surface area contributed by atoms with Crippen LogP contribution in [0.3, 0.4) is 0 Å². The van der Waals surface area contributed by atoms with Crippen molar-refractivity contribution in [1.82, 2.24) is 9.80 Å². The number of carbonyl (C=O) groups excluding carboxylic acids is 2. The van der Waals surface area contributed by atoms with Gasteiger partial charge < -0.3 is 24.2 Å². The fourth-order valence-corrected chi connectivity index (χ4v) is 4.15. The quantitative estimate of drug-likeness (QED) is 0.811. The molecule has 0 radical (unpaired) electrons. The second kappa shape index (κ2) is 7.38. The molecule has 3 aliphatic rings. The van der Waals surface area contributed by atoms with Crippen molar-refractivity contribution < 1.29 is 19.1 Å². The molecule has 3 heterocycles. The largest absolute Gasteiger partial charge is 0.441 e. The molecule has 0 saturated carbocycles. The van der Waals surface area contributed by atoms with Gasteiger partial charge in [0.15, 0.2) is 0 Å². The fraction of sp³-hybridized carbons (Fsp3) is 0.600. The van der Waals surface area contributed by atoms with Gasteiger partial charge in [-0.15, -0.1) is 0 Å². The predicted octanol–water partition coefficient (Wildman–Crippen LogP) is 1.97. The summed E-state index contributed by atoms with van der Waals surface area (Å²) in [5.41, 5.74) is 1.37. The third-order valence-electron chi connectivity index (χ3n) is 5.85. The molecule has 27 heavy (non-hydrogen) atoms. The van der Waals surface area contributed by atoms with Crippen LogP contribution in [-0.4, -0.2) is 79.9 Å². The maximum absolute atomic E-state index is 13.0. The Labute approximate surface area is 159 Å². The van der Waals surface area contributed by atoms with Crippen LogP contribution in [0.25, 0.3) is 0 Å². The monoisotopic (exact) mass is 373 g/mol. The highest BCUT2D eigenvalue weighted by Crippen LogP contribution is 2.33. The number of ether oxygens (including phenoxy) is 2. The number of likely N-dealkylation sites (tertiary alicyclic amines) is 1. The zero-order valence-corrected chi connectivity index (χ0v) is 15.9. The van der Waals surface area contributed by atoms with Crippen LogP contribution in [0.5, 0.6) is 0 Å². The van der Waals surface area contributed by atoms with Crippen LogP contribution in [0.2, 0.25) is 0 Å².